The van der Waals surface area contributed by atoms with Crippen molar-refractivity contribution in [2.75, 3.05) is 5.32 Å². The lowest BCUT2D eigenvalue weighted by Gasteiger charge is -2.13. The molecule has 1 heterocycles. The van der Waals surface area contributed by atoms with Gasteiger partial charge in [0.2, 0.25) is 0 Å². The van der Waals surface area contributed by atoms with Crippen molar-refractivity contribution in [3.63, 3.8) is 0 Å². The molecule has 0 aliphatic rings. The predicted molar refractivity (Wildman–Crippen MR) is 111 cm³/mol. The molecule has 1 unspecified atom stereocenters. The summed E-state index contributed by atoms with van der Waals surface area (Å²) in [6.07, 6.45) is -1.10. The van der Waals surface area contributed by atoms with Crippen LogP contribution < -0.4 is 10.9 Å². The van der Waals surface area contributed by atoms with Crippen molar-refractivity contribution in [3.05, 3.63) is 81.2 Å². The molecule has 0 saturated heterocycles. The van der Waals surface area contributed by atoms with Crippen molar-refractivity contribution < 1.29 is 14.3 Å². The minimum absolute atomic E-state index is 0.135. The molecule has 1 aromatic heterocycles. The van der Waals surface area contributed by atoms with Crippen LogP contribution >= 0.6 is 11.6 Å². The van der Waals surface area contributed by atoms with E-state index in [2.05, 4.69) is 5.32 Å². The smallest absolute Gasteiger partial charge is 0.338 e. The molecular formula is C21H20ClN3O4. The number of anilines is 1. The average Bonchev–Trinajstić information content (AvgIpc) is 2.92. The van der Waals surface area contributed by atoms with E-state index in [4.69, 9.17) is 16.3 Å². The van der Waals surface area contributed by atoms with E-state index in [-0.39, 0.29) is 16.8 Å². The Kier molecular flexibility index (Phi) is 5.89. The second kappa shape index (κ2) is 8.36. The monoisotopic (exact) mass is 413 g/mol. The Labute approximate surface area is 172 Å². The number of ether oxygens (including phenoxy) is 1. The van der Waals surface area contributed by atoms with Crippen molar-refractivity contribution >= 4 is 29.2 Å². The van der Waals surface area contributed by atoms with Crippen LogP contribution in [0, 0.1) is 6.92 Å². The topological polar surface area (TPSA) is 82.3 Å². The summed E-state index contributed by atoms with van der Waals surface area (Å²) < 4.78 is 8.31. The maximum absolute atomic E-state index is 12.9. The van der Waals surface area contributed by atoms with Crippen LogP contribution in [0.25, 0.3) is 5.69 Å². The normalized spacial score (nSPS) is 11.7. The van der Waals surface area contributed by atoms with Gasteiger partial charge < -0.3 is 10.1 Å². The first-order chi connectivity index (χ1) is 13.8. The fraction of sp³-hybridized carbons (Fsp3) is 0.190. The van der Waals surface area contributed by atoms with Crippen molar-refractivity contribution in [2.45, 2.75) is 20.0 Å². The lowest BCUT2D eigenvalue weighted by Crippen LogP contribution is -2.32. The van der Waals surface area contributed by atoms with Crippen molar-refractivity contribution in [1.82, 2.24) is 9.36 Å². The highest BCUT2D eigenvalue weighted by Crippen LogP contribution is 2.15. The van der Waals surface area contributed by atoms with Crippen LogP contribution in [0.2, 0.25) is 5.02 Å². The highest BCUT2D eigenvalue weighted by atomic mass is 35.5. The molecule has 7 nitrogen and oxygen atoms in total. The van der Waals surface area contributed by atoms with Crippen LogP contribution in [0.1, 0.15) is 23.0 Å². The minimum Gasteiger partial charge on any atom is -0.449 e. The first-order valence-corrected chi connectivity index (χ1v) is 9.29. The molecule has 0 aliphatic carbocycles. The van der Waals surface area contributed by atoms with E-state index in [9.17, 15) is 14.4 Å². The SMILES string of the molecule is Cc1c(NC(=O)C(C)OC(=O)c2ccc(Cl)cc2)c(=O)n(-c2ccccc2)n1C. The highest BCUT2D eigenvalue weighted by Gasteiger charge is 2.23. The molecule has 29 heavy (non-hydrogen) atoms. The van der Waals surface area contributed by atoms with Crippen LogP contribution in [-0.4, -0.2) is 27.3 Å². The van der Waals surface area contributed by atoms with E-state index in [1.165, 1.54) is 23.7 Å². The third-order valence-corrected chi connectivity index (χ3v) is 4.79. The molecule has 1 amide bonds. The van der Waals surface area contributed by atoms with Crippen LogP contribution in [-0.2, 0) is 16.6 Å². The molecule has 0 aliphatic heterocycles. The largest absolute Gasteiger partial charge is 0.449 e. The van der Waals surface area contributed by atoms with E-state index >= 15 is 0 Å². The van der Waals surface area contributed by atoms with Gasteiger partial charge in [-0.2, -0.15) is 0 Å². The Morgan fingerprint density at radius 3 is 2.31 bits per heavy atom. The van der Waals surface area contributed by atoms with Crippen molar-refractivity contribution in [3.8, 4) is 5.69 Å². The number of benzene rings is 2. The number of aromatic nitrogens is 2. The number of hydrogen-bond donors (Lipinski definition) is 1. The van der Waals surface area contributed by atoms with Gasteiger partial charge in [0.1, 0.15) is 5.69 Å². The zero-order valence-corrected chi connectivity index (χ0v) is 16.9. The zero-order valence-electron chi connectivity index (χ0n) is 16.2. The summed E-state index contributed by atoms with van der Waals surface area (Å²) in [5, 5.41) is 3.07. The third-order valence-electron chi connectivity index (χ3n) is 4.54. The number of esters is 1. The fourth-order valence-corrected chi connectivity index (χ4v) is 2.93. The van der Waals surface area contributed by atoms with Gasteiger partial charge in [0, 0.05) is 12.1 Å². The predicted octanol–water partition coefficient (Wildman–Crippen LogP) is 3.32. The van der Waals surface area contributed by atoms with Gasteiger partial charge in [-0.1, -0.05) is 29.8 Å². The molecule has 3 aromatic rings. The van der Waals surface area contributed by atoms with E-state index in [0.29, 0.717) is 16.4 Å². The molecule has 3 rings (SSSR count). The molecule has 1 N–H and O–H groups in total. The van der Waals surface area contributed by atoms with Gasteiger partial charge in [0.05, 0.1) is 16.9 Å². The number of carbonyl (C=O) groups is 2. The molecule has 150 valence electrons. The maximum atomic E-state index is 12.9. The van der Waals surface area contributed by atoms with Crippen LogP contribution in [0.4, 0.5) is 5.69 Å². The first kappa shape index (κ1) is 20.4. The number of halogens is 1. The van der Waals surface area contributed by atoms with Gasteiger partial charge in [-0.15, -0.1) is 0 Å². The van der Waals surface area contributed by atoms with E-state index in [0.717, 1.165) is 0 Å². The van der Waals surface area contributed by atoms with Crippen LogP contribution in [0.15, 0.2) is 59.4 Å². The quantitative estimate of drug-likeness (QED) is 0.650. The number of nitrogens with one attached hydrogen (secondary N) is 1. The number of hydrogen-bond acceptors (Lipinski definition) is 4. The molecule has 0 fully saturated rings. The lowest BCUT2D eigenvalue weighted by atomic mass is 10.2. The van der Waals surface area contributed by atoms with E-state index < -0.39 is 18.0 Å². The second-order valence-electron chi connectivity index (χ2n) is 6.48. The van der Waals surface area contributed by atoms with Crippen LogP contribution in [0.3, 0.4) is 0 Å². The maximum Gasteiger partial charge on any atom is 0.338 e. The van der Waals surface area contributed by atoms with Gasteiger partial charge in [-0.05, 0) is 50.2 Å². The zero-order chi connectivity index (χ0) is 21.1. The molecule has 1 atom stereocenters. The molecular weight excluding hydrogens is 394 g/mol. The van der Waals surface area contributed by atoms with Gasteiger partial charge >= 0.3 is 5.97 Å². The van der Waals surface area contributed by atoms with E-state index in [1.54, 1.807) is 42.9 Å². The standard InChI is InChI=1S/C21H20ClN3O4/c1-13-18(20(27)25(24(13)3)17-7-5-4-6-8-17)23-19(26)14(2)29-21(28)15-9-11-16(22)12-10-15/h4-12,14H,1-3H3,(H,23,26). The van der Waals surface area contributed by atoms with Gasteiger partial charge in [0.15, 0.2) is 6.10 Å². The summed E-state index contributed by atoms with van der Waals surface area (Å²) >= 11 is 5.80. The van der Waals surface area contributed by atoms with Crippen molar-refractivity contribution in [2.24, 2.45) is 7.05 Å². The summed E-state index contributed by atoms with van der Waals surface area (Å²) in [5.74, 6) is -1.26. The Bertz CT molecular complexity index is 1100. The molecule has 0 bridgehead atoms. The van der Waals surface area contributed by atoms with Gasteiger partial charge in [-0.3, -0.25) is 14.3 Å². The van der Waals surface area contributed by atoms with Gasteiger partial charge in [0.25, 0.3) is 11.5 Å². The Balaban J connectivity index is 1.77. The highest BCUT2D eigenvalue weighted by molar-refractivity contribution is 6.30. The molecule has 0 saturated carbocycles. The van der Waals surface area contributed by atoms with Crippen molar-refractivity contribution in [1.29, 1.82) is 0 Å². The van der Waals surface area contributed by atoms with Crippen LogP contribution in [0.5, 0.6) is 0 Å². The molecule has 8 heteroatoms. The Hall–Kier alpha value is -3.32. The fourth-order valence-electron chi connectivity index (χ4n) is 2.81. The number of rotatable bonds is 5. The average molecular weight is 414 g/mol. The lowest BCUT2D eigenvalue weighted by molar-refractivity contribution is -0.123. The summed E-state index contributed by atoms with van der Waals surface area (Å²) in [5.41, 5.74) is 1.28. The number of para-hydroxylation sites is 1. The first-order valence-electron chi connectivity index (χ1n) is 8.91. The molecule has 2 aromatic carbocycles. The summed E-state index contributed by atoms with van der Waals surface area (Å²) in [6, 6.07) is 15.2. The van der Waals surface area contributed by atoms with Gasteiger partial charge in [-0.25, -0.2) is 9.48 Å². The summed E-state index contributed by atoms with van der Waals surface area (Å²) in [6.45, 7) is 3.16. The Morgan fingerprint density at radius 1 is 1.07 bits per heavy atom. The third kappa shape index (κ3) is 4.25. The number of amides is 1. The molecule has 0 spiro atoms. The minimum atomic E-state index is -1.10. The van der Waals surface area contributed by atoms with E-state index in [1.807, 2.05) is 18.2 Å². The second-order valence-corrected chi connectivity index (χ2v) is 6.92. The number of carbonyl (C=O) groups excluding carboxylic acids is 2. The Morgan fingerprint density at radius 2 is 1.69 bits per heavy atom. The molecule has 0 radical (unpaired) electrons. The number of nitrogens with zero attached hydrogens (tertiary/aromatic N) is 2. The summed E-state index contributed by atoms with van der Waals surface area (Å²) in [4.78, 5) is 37.6. The summed E-state index contributed by atoms with van der Waals surface area (Å²) in [7, 11) is 1.73.